The number of H-pyrrole nitrogens is 1. The highest BCUT2D eigenvalue weighted by Gasteiger charge is 2.34. The van der Waals surface area contributed by atoms with Gasteiger partial charge in [0.15, 0.2) is 5.82 Å². The Morgan fingerprint density at radius 2 is 1.73 bits per heavy atom. The fraction of sp³-hybridized carbons (Fsp3) is 0.222. The van der Waals surface area contributed by atoms with Crippen LogP contribution in [0.3, 0.4) is 0 Å². The van der Waals surface area contributed by atoms with Gasteiger partial charge in [-0.25, -0.2) is 18.3 Å². The van der Waals surface area contributed by atoms with Crippen LogP contribution in [0.25, 0.3) is 39.0 Å². The minimum Gasteiger partial charge on any atom is -0.351 e. The number of aromatic nitrogens is 7. The van der Waals surface area contributed by atoms with E-state index in [0.29, 0.717) is 64.2 Å². The van der Waals surface area contributed by atoms with Crippen LogP contribution in [-0.2, 0) is 13.5 Å². The third-order valence-corrected chi connectivity index (χ3v) is 9.47. The largest absolute Gasteiger partial charge is 0.351 e. The Morgan fingerprint density at radius 3 is 2.50 bits per heavy atom. The van der Waals surface area contributed by atoms with Crippen LogP contribution >= 0.6 is 0 Å². The molecule has 0 unspecified atom stereocenters. The van der Waals surface area contributed by atoms with Gasteiger partial charge in [0.1, 0.15) is 17.3 Å². The smallest absolute Gasteiger partial charge is 0.338 e. The van der Waals surface area contributed by atoms with Gasteiger partial charge in [-0.05, 0) is 81.1 Å². The molecule has 1 aliphatic rings. The molecule has 0 bridgehead atoms. The fourth-order valence-electron chi connectivity index (χ4n) is 7.01. The molecule has 0 radical (unpaired) electrons. The molecule has 7 aromatic rings. The number of carbonyl (C=O) groups excluding carboxylic acids is 1. The number of hydrogen-bond acceptors (Lipinski definition) is 4. The molecule has 4 aromatic heterocycles. The van der Waals surface area contributed by atoms with Crippen molar-refractivity contribution in [2.75, 3.05) is 6.54 Å². The summed E-state index contributed by atoms with van der Waals surface area (Å²) in [5.74, 6) is -0.649. The second kappa shape index (κ2) is 10.9. The zero-order valence-corrected chi connectivity index (χ0v) is 26.8. The van der Waals surface area contributed by atoms with E-state index in [0.717, 1.165) is 16.6 Å². The number of para-hydroxylation sites is 1. The third kappa shape index (κ3) is 4.43. The summed E-state index contributed by atoms with van der Waals surface area (Å²) in [6.07, 6.45) is 5.73. The number of rotatable bonds is 4. The fourth-order valence-corrected chi connectivity index (χ4v) is 7.01. The lowest BCUT2D eigenvalue weighted by atomic mass is 10.1. The standard InChI is InChI=1S/C36H32F2N8O2/c1-20-16-24(17-21(2)32(20)37)46-34(45-15-14-44(36(45)48)30-12-11-29-25(33(30)38)19-39-42(29)4)31-22(3)43(13-7-10-27(31)41-46)35(47)28-18-23-8-5-6-9-26(23)40-28/h5-6,8-9,11-12,14-19,22,40H,7,10,13H2,1-4H3/t22-/m0/s1. The van der Waals surface area contributed by atoms with E-state index >= 15 is 4.39 Å². The summed E-state index contributed by atoms with van der Waals surface area (Å²) >= 11 is 0. The molecule has 8 rings (SSSR count). The Bertz CT molecular complexity index is 2420. The molecule has 1 aliphatic heterocycles. The van der Waals surface area contributed by atoms with E-state index in [1.165, 1.54) is 21.5 Å². The van der Waals surface area contributed by atoms with E-state index < -0.39 is 17.5 Å². The number of carbonyl (C=O) groups is 1. The van der Waals surface area contributed by atoms with Gasteiger partial charge in [0, 0.05) is 42.5 Å². The second-order valence-corrected chi connectivity index (χ2v) is 12.5. The number of fused-ring (bicyclic) bond motifs is 3. The summed E-state index contributed by atoms with van der Waals surface area (Å²) in [6, 6.07) is 15.7. The molecule has 1 atom stereocenters. The summed E-state index contributed by atoms with van der Waals surface area (Å²) in [4.78, 5) is 33.5. The lowest BCUT2D eigenvalue weighted by molar-refractivity contribution is 0.0689. The summed E-state index contributed by atoms with van der Waals surface area (Å²) in [5, 5.41) is 10.4. The molecular formula is C36H32F2N8O2. The molecule has 0 aliphatic carbocycles. The number of nitrogens with one attached hydrogen (secondary N) is 1. The monoisotopic (exact) mass is 646 g/mol. The molecule has 3 aromatic carbocycles. The van der Waals surface area contributed by atoms with Crippen LogP contribution in [0.2, 0.25) is 0 Å². The Hall–Kier alpha value is -5.78. The first-order chi connectivity index (χ1) is 23.1. The van der Waals surface area contributed by atoms with Gasteiger partial charge in [0.2, 0.25) is 0 Å². The zero-order chi connectivity index (χ0) is 33.4. The Kier molecular flexibility index (Phi) is 6.72. The lowest BCUT2D eigenvalue weighted by Gasteiger charge is -2.28. The quantitative estimate of drug-likeness (QED) is 0.245. The zero-order valence-electron chi connectivity index (χ0n) is 26.8. The molecule has 0 saturated carbocycles. The SMILES string of the molecule is Cc1cc(-n2nc3c(c2-n2ccn(-c4ccc5c(cnn5C)c4F)c2=O)[C@H](C)N(C(=O)c2cc4ccccc4[nH]2)CCC3)cc(C)c1F. The summed E-state index contributed by atoms with van der Waals surface area (Å²) in [5.41, 5.74) is 4.34. The van der Waals surface area contributed by atoms with Crippen LogP contribution in [0.15, 0.2) is 78.0 Å². The molecule has 48 heavy (non-hydrogen) atoms. The first-order valence-electron chi connectivity index (χ1n) is 15.8. The molecule has 1 amide bonds. The van der Waals surface area contributed by atoms with E-state index in [4.69, 9.17) is 5.10 Å². The van der Waals surface area contributed by atoms with Crippen molar-refractivity contribution < 1.29 is 13.6 Å². The van der Waals surface area contributed by atoms with Gasteiger partial charge in [-0.3, -0.25) is 18.6 Å². The normalized spacial score (nSPS) is 15.0. The molecule has 242 valence electrons. The van der Waals surface area contributed by atoms with Crippen molar-refractivity contribution in [2.24, 2.45) is 7.05 Å². The van der Waals surface area contributed by atoms with Crippen molar-refractivity contribution in [2.45, 2.75) is 39.7 Å². The van der Waals surface area contributed by atoms with Gasteiger partial charge in [0.25, 0.3) is 5.91 Å². The van der Waals surface area contributed by atoms with Crippen LogP contribution in [0.5, 0.6) is 0 Å². The number of nitrogens with zero attached hydrogens (tertiary/aromatic N) is 7. The van der Waals surface area contributed by atoms with Crippen molar-refractivity contribution in [3.8, 4) is 17.2 Å². The van der Waals surface area contributed by atoms with Crippen molar-refractivity contribution >= 4 is 27.7 Å². The minimum atomic E-state index is -0.568. The molecule has 0 saturated heterocycles. The maximum atomic E-state index is 15.8. The number of aryl methyl sites for hydroxylation is 4. The average Bonchev–Trinajstić information content (AvgIpc) is 3.84. The number of hydrogen-bond donors (Lipinski definition) is 1. The van der Waals surface area contributed by atoms with Crippen molar-refractivity contribution in [1.29, 1.82) is 0 Å². The van der Waals surface area contributed by atoms with E-state index in [2.05, 4.69) is 10.1 Å². The van der Waals surface area contributed by atoms with Gasteiger partial charge in [0.05, 0.1) is 40.2 Å². The Labute approximate surface area is 273 Å². The number of aromatic amines is 1. The first kappa shape index (κ1) is 29.6. The summed E-state index contributed by atoms with van der Waals surface area (Å²) in [6.45, 7) is 5.78. The first-order valence-corrected chi connectivity index (χ1v) is 15.8. The second-order valence-electron chi connectivity index (χ2n) is 12.5. The van der Waals surface area contributed by atoms with Crippen LogP contribution in [0, 0.1) is 25.5 Å². The molecule has 12 heteroatoms. The topological polar surface area (TPSA) is 98.7 Å². The van der Waals surface area contributed by atoms with Crippen LogP contribution in [0.1, 0.15) is 52.3 Å². The van der Waals surface area contributed by atoms with Gasteiger partial charge in [-0.2, -0.15) is 10.2 Å². The van der Waals surface area contributed by atoms with Gasteiger partial charge in [-0.15, -0.1) is 0 Å². The number of amides is 1. The van der Waals surface area contributed by atoms with E-state index in [9.17, 15) is 14.0 Å². The number of halogens is 2. The highest BCUT2D eigenvalue weighted by Crippen LogP contribution is 2.36. The molecule has 1 N–H and O–H groups in total. The van der Waals surface area contributed by atoms with Crippen molar-refractivity contribution in [3.63, 3.8) is 0 Å². The minimum absolute atomic E-state index is 0.0774. The summed E-state index contributed by atoms with van der Waals surface area (Å²) in [7, 11) is 1.73. The number of benzene rings is 3. The Balaban J connectivity index is 1.31. The van der Waals surface area contributed by atoms with Crippen LogP contribution in [-0.4, -0.2) is 51.0 Å². The van der Waals surface area contributed by atoms with Crippen molar-refractivity contribution in [1.82, 2.24) is 38.6 Å². The average molecular weight is 647 g/mol. The van der Waals surface area contributed by atoms with E-state index in [1.807, 2.05) is 37.3 Å². The van der Waals surface area contributed by atoms with Gasteiger partial charge >= 0.3 is 5.69 Å². The van der Waals surface area contributed by atoms with E-state index in [1.54, 1.807) is 65.6 Å². The van der Waals surface area contributed by atoms with Crippen molar-refractivity contribution in [3.05, 3.63) is 123 Å². The predicted molar refractivity (Wildman–Crippen MR) is 178 cm³/mol. The van der Waals surface area contributed by atoms with E-state index in [-0.39, 0.29) is 17.4 Å². The highest BCUT2D eigenvalue weighted by molar-refractivity contribution is 5.98. The molecule has 5 heterocycles. The maximum Gasteiger partial charge on any atom is 0.338 e. The molecule has 0 spiro atoms. The lowest BCUT2D eigenvalue weighted by Crippen LogP contribution is -2.35. The molecule has 10 nitrogen and oxygen atoms in total. The van der Waals surface area contributed by atoms with Crippen LogP contribution < -0.4 is 5.69 Å². The Morgan fingerprint density at radius 1 is 0.979 bits per heavy atom. The maximum absolute atomic E-state index is 15.8. The van der Waals surface area contributed by atoms with Gasteiger partial charge in [-0.1, -0.05) is 18.2 Å². The van der Waals surface area contributed by atoms with Crippen LogP contribution in [0.4, 0.5) is 8.78 Å². The highest BCUT2D eigenvalue weighted by atomic mass is 19.1. The van der Waals surface area contributed by atoms with Gasteiger partial charge < -0.3 is 9.88 Å². The molecular weight excluding hydrogens is 614 g/mol. The third-order valence-electron chi connectivity index (χ3n) is 9.47. The predicted octanol–water partition coefficient (Wildman–Crippen LogP) is 6.23. The molecule has 0 fully saturated rings. The number of imidazole rings is 1. The summed E-state index contributed by atoms with van der Waals surface area (Å²) < 4.78 is 36.5.